The number of fused-ring (bicyclic) bond motifs is 3. The Bertz CT molecular complexity index is 1300. The average molecular weight is 494 g/mol. The van der Waals surface area contributed by atoms with E-state index in [4.69, 9.17) is 0 Å². The summed E-state index contributed by atoms with van der Waals surface area (Å²) in [5, 5.41) is 3.82. The highest BCUT2D eigenvalue weighted by atomic mass is 15.0. The molecule has 0 spiro atoms. The number of hydrogen-bond donors (Lipinski definition) is 1. The zero-order valence-electron chi connectivity index (χ0n) is 25.3. The molecular formula is C36H47N. The molecule has 0 bridgehead atoms. The van der Waals surface area contributed by atoms with Crippen LogP contribution in [0.1, 0.15) is 115 Å². The monoisotopic (exact) mass is 493 g/mol. The standard InChI is InChI=1S/C36H47N/c1-22(2)32(30-19-23(3)13-18-31(30)37-36(10,11)12)33-28-20-24(34(4,5)6)14-16-26(28)27-17-15-25(21-29(27)33)35(7,8)9/h13-21,33,37H,1-12H3. The van der Waals surface area contributed by atoms with E-state index in [0.29, 0.717) is 0 Å². The molecule has 0 fully saturated rings. The number of allylic oxidation sites excluding steroid dienone is 2. The van der Waals surface area contributed by atoms with Crippen LogP contribution in [0.25, 0.3) is 16.7 Å². The summed E-state index contributed by atoms with van der Waals surface area (Å²) in [7, 11) is 0. The van der Waals surface area contributed by atoms with Crippen molar-refractivity contribution >= 4 is 11.3 Å². The Labute approximate surface area is 226 Å². The van der Waals surface area contributed by atoms with Crippen molar-refractivity contribution in [1.82, 2.24) is 0 Å². The van der Waals surface area contributed by atoms with Gasteiger partial charge in [-0.3, -0.25) is 0 Å². The number of aryl methyl sites for hydroxylation is 1. The molecule has 1 N–H and O–H groups in total. The molecule has 37 heavy (non-hydrogen) atoms. The van der Waals surface area contributed by atoms with Crippen LogP contribution in [0, 0.1) is 6.92 Å². The fraction of sp³-hybridized carbons (Fsp3) is 0.444. The Morgan fingerprint density at radius 3 is 1.54 bits per heavy atom. The highest BCUT2D eigenvalue weighted by Crippen LogP contribution is 2.54. The first kappa shape index (κ1) is 27.2. The van der Waals surface area contributed by atoms with Crippen molar-refractivity contribution in [3.63, 3.8) is 0 Å². The molecule has 0 saturated heterocycles. The molecule has 0 aromatic heterocycles. The minimum absolute atomic E-state index is 0.0267. The molecular weight excluding hydrogens is 446 g/mol. The Hall–Kier alpha value is -2.80. The van der Waals surface area contributed by atoms with E-state index < -0.39 is 0 Å². The zero-order chi connectivity index (χ0) is 27.5. The van der Waals surface area contributed by atoms with Crippen LogP contribution in [0.2, 0.25) is 0 Å². The quantitative estimate of drug-likeness (QED) is 0.382. The third-order valence-corrected chi connectivity index (χ3v) is 7.55. The Kier molecular flexibility index (Phi) is 6.77. The molecule has 4 rings (SSSR count). The van der Waals surface area contributed by atoms with Gasteiger partial charge in [-0.05, 0) is 103 Å². The molecule has 0 saturated carbocycles. The van der Waals surface area contributed by atoms with Gasteiger partial charge in [-0.25, -0.2) is 0 Å². The van der Waals surface area contributed by atoms with Crippen LogP contribution in [0.3, 0.4) is 0 Å². The molecule has 0 aliphatic heterocycles. The maximum absolute atomic E-state index is 3.82. The van der Waals surface area contributed by atoms with Gasteiger partial charge in [0, 0.05) is 22.7 Å². The van der Waals surface area contributed by atoms with Crippen molar-refractivity contribution in [3.05, 3.63) is 93.6 Å². The summed E-state index contributed by atoms with van der Waals surface area (Å²) in [6.07, 6.45) is 0. The Morgan fingerprint density at radius 1 is 0.649 bits per heavy atom. The van der Waals surface area contributed by atoms with Gasteiger partial charge in [0.1, 0.15) is 0 Å². The molecule has 0 atom stereocenters. The van der Waals surface area contributed by atoms with E-state index >= 15 is 0 Å². The summed E-state index contributed by atoms with van der Waals surface area (Å²) in [6.45, 7) is 27.4. The summed E-state index contributed by atoms with van der Waals surface area (Å²) in [5.74, 6) is 0.196. The second-order valence-corrected chi connectivity index (χ2v) is 14.4. The predicted molar refractivity (Wildman–Crippen MR) is 164 cm³/mol. The van der Waals surface area contributed by atoms with E-state index in [1.807, 2.05) is 0 Å². The first-order valence-electron chi connectivity index (χ1n) is 13.8. The fourth-order valence-electron chi connectivity index (χ4n) is 5.61. The van der Waals surface area contributed by atoms with Crippen molar-refractivity contribution in [2.45, 2.75) is 105 Å². The van der Waals surface area contributed by atoms with Gasteiger partial charge in [-0.2, -0.15) is 0 Å². The summed E-state index contributed by atoms with van der Waals surface area (Å²) < 4.78 is 0. The third kappa shape index (κ3) is 5.42. The van der Waals surface area contributed by atoms with E-state index in [1.54, 1.807) is 0 Å². The number of benzene rings is 3. The molecule has 0 heterocycles. The van der Waals surface area contributed by atoms with Crippen molar-refractivity contribution in [3.8, 4) is 11.1 Å². The Balaban J connectivity index is 2.05. The van der Waals surface area contributed by atoms with E-state index in [2.05, 4.69) is 143 Å². The maximum Gasteiger partial charge on any atom is 0.0421 e. The number of nitrogens with one attached hydrogen (secondary N) is 1. The summed E-state index contributed by atoms with van der Waals surface area (Å²) in [5.41, 5.74) is 15.2. The first-order valence-corrected chi connectivity index (χ1v) is 13.8. The molecule has 1 aliphatic rings. The molecule has 0 unspecified atom stereocenters. The van der Waals surface area contributed by atoms with Crippen molar-refractivity contribution < 1.29 is 0 Å². The highest BCUT2D eigenvalue weighted by Gasteiger charge is 2.35. The van der Waals surface area contributed by atoms with Gasteiger partial charge in [0.05, 0.1) is 0 Å². The van der Waals surface area contributed by atoms with Gasteiger partial charge in [-0.15, -0.1) is 0 Å². The molecule has 1 aliphatic carbocycles. The largest absolute Gasteiger partial charge is 0.380 e. The van der Waals surface area contributed by atoms with Crippen LogP contribution in [-0.2, 0) is 10.8 Å². The van der Waals surface area contributed by atoms with Crippen molar-refractivity contribution in [2.75, 3.05) is 5.32 Å². The van der Waals surface area contributed by atoms with Gasteiger partial charge in [0.15, 0.2) is 0 Å². The van der Waals surface area contributed by atoms with Crippen LogP contribution >= 0.6 is 0 Å². The lowest BCUT2D eigenvalue weighted by Crippen LogP contribution is -2.27. The van der Waals surface area contributed by atoms with E-state index in [9.17, 15) is 0 Å². The minimum Gasteiger partial charge on any atom is -0.380 e. The second-order valence-electron chi connectivity index (χ2n) is 14.4. The average Bonchev–Trinajstić information content (AvgIpc) is 3.06. The minimum atomic E-state index is -0.0267. The molecule has 1 heteroatoms. The van der Waals surface area contributed by atoms with Gasteiger partial charge in [-0.1, -0.05) is 95.1 Å². The number of anilines is 1. The molecule has 196 valence electrons. The maximum atomic E-state index is 3.82. The van der Waals surface area contributed by atoms with Gasteiger partial charge >= 0.3 is 0 Å². The first-order chi connectivity index (χ1) is 17.0. The predicted octanol–water partition coefficient (Wildman–Crippen LogP) is 10.4. The summed E-state index contributed by atoms with van der Waals surface area (Å²) >= 11 is 0. The smallest absolute Gasteiger partial charge is 0.0421 e. The topological polar surface area (TPSA) is 12.0 Å². The fourth-order valence-corrected chi connectivity index (χ4v) is 5.61. The van der Waals surface area contributed by atoms with Gasteiger partial charge in [0.2, 0.25) is 0 Å². The molecule has 3 aromatic carbocycles. The lowest BCUT2D eigenvalue weighted by atomic mass is 9.78. The third-order valence-electron chi connectivity index (χ3n) is 7.55. The number of rotatable bonds is 3. The molecule has 3 aromatic rings. The van der Waals surface area contributed by atoms with E-state index in [1.165, 1.54) is 61.3 Å². The number of hydrogen-bond acceptors (Lipinski definition) is 1. The van der Waals surface area contributed by atoms with Gasteiger partial charge < -0.3 is 5.32 Å². The molecule has 0 amide bonds. The van der Waals surface area contributed by atoms with E-state index in [-0.39, 0.29) is 22.3 Å². The van der Waals surface area contributed by atoms with Crippen LogP contribution in [0.4, 0.5) is 5.69 Å². The van der Waals surface area contributed by atoms with E-state index in [0.717, 1.165) is 0 Å². The van der Waals surface area contributed by atoms with Crippen LogP contribution in [-0.4, -0.2) is 5.54 Å². The van der Waals surface area contributed by atoms with Crippen molar-refractivity contribution in [2.24, 2.45) is 0 Å². The Morgan fingerprint density at radius 2 is 1.14 bits per heavy atom. The molecule has 1 nitrogen and oxygen atoms in total. The van der Waals surface area contributed by atoms with Crippen LogP contribution < -0.4 is 5.32 Å². The lowest BCUT2D eigenvalue weighted by Gasteiger charge is -2.29. The normalized spacial score (nSPS) is 13.8. The summed E-state index contributed by atoms with van der Waals surface area (Å²) in [4.78, 5) is 0. The second kappa shape index (κ2) is 9.19. The van der Waals surface area contributed by atoms with Crippen molar-refractivity contribution in [1.29, 1.82) is 0 Å². The summed E-state index contributed by atoms with van der Waals surface area (Å²) in [6, 6.07) is 21.3. The van der Waals surface area contributed by atoms with Crippen LogP contribution in [0.5, 0.6) is 0 Å². The molecule has 0 radical (unpaired) electrons. The SMILES string of the molecule is CC(C)=C(c1cc(C)ccc1NC(C)(C)C)C1c2cc(C(C)(C)C)ccc2-c2ccc(C(C)(C)C)cc21. The van der Waals surface area contributed by atoms with Gasteiger partial charge in [0.25, 0.3) is 0 Å². The zero-order valence-corrected chi connectivity index (χ0v) is 25.3. The lowest BCUT2D eigenvalue weighted by molar-refractivity contribution is 0.589. The van der Waals surface area contributed by atoms with Crippen LogP contribution in [0.15, 0.2) is 60.2 Å². The highest BCUT2D eigenvalue weighted by molar-refractivity contribution is 5.92.